The van der Waals surface area contributed by atoms with Crippen molar-refractivity contribution < 1.29 is 18.7 Å². The maximum absolute atomic E-state index is 13.5. The molecule has 7 heteroatoms. The van der Waals surface area contributed by atoms with Gasteiger partial charge in [-0.2, -0.15) is 0 Å². The summed E-state index contributed by atoms with van der Waals surface area (Å²) in [6, 6.07) is 3.98. The van der Waals surface area contributed by atoms with E-state index in [4.69, 9.17) is 4.74 Å². The molecule has 1 aliphatic carbocycles. The first-order valence-electron chi connectivity index (χ1n) is 10.0. The molecule has 154 valence electrons. The molecule has 2 fully saturated rings. The number of piperidine rings is 1. The van der Waals surface area contributed by atoms with Crippen LogP contribution in [-0.4, -0.2) is 55.5 Å². The lowest BCUT2D eigenvalue weighted by molar-refractivity contribution is -0.125. The number of methoxy groups -OCH3 is 1. The second-order valence-electron chi connectivity index (χ2n) is 8.27. The maximum atomic E-state index is 13.5. The molecule has 0 radical (unpaired) electrons. The standard InChI is InChI=1S/C21H30FN3O3/c1-21(6-3-7-21)24-19(26)14-25-8-4-15(5-9-25)13-23-20(27)16-10-17(22)12-18(11-16)28-2/h10-12,15H,3-9,13-14H2,1-2H3,(H,23,27)(H,24,26). The number of ether oxygens (including phenoxy) is 1. The summed E-state index contributed by atoms with van der Waals surface area (Å²) in [6.45, 7) is 4.79. The first-order chi connectivity index (χ1) is 13.4. The van der Waals surface area contributed by atoms with E-state index in [1.165, 1.54) is 31.7 Å². The average molecular weight is 391 g/mol. The monoisotopic (exact) mass is 391 g/mol. The Morgan fingerprint density at radius 3 is 2.57 bits per heavy atom. The second-order valence-corrected chi connectivity index (χ2v) is 8.27. The summed E-state index contributed by atoms with van der Waals surface area (Å²) in [4.78, 5) is 26.7. The van der Waals surface area contributed by atoms with Gasteiger partial charge in [-0.05, 0) is 70.2 Å². The molecular formula is C21H30FN3O3. The molecule has 1 aromatic carbocycles. The molecule has 0 aromatic heterocycles. The van der Waals surface area contributed by atoms with Crippen LogP contribution in [0.3, 0.4) is 0 Å². The number of carbonyl (C=O) groups is 2. The van der Waals surface area contributed by atoms with Crippen molar-refractivity contribution >= 4 is 11.8 Å². The summed E-state index contributed by atoms with van der Waals surface area (Å²) in [5.41, 5.74) is 0.259. The van der Waals surface area contributed by atoms with Crippen LogP contribution in [0.2, 0.25) is 0 Å². The van der Waals surface area contributed by atoms with Crippen LogP contribution in [0.1, 0.15) is 49.4 Å². The molecule has 3 rings (SSSR count). The Kier molecular flexibility index (Phi) is 6.54. The van der Waals surface area contributed by atoms with Crippen molar-refractivity contribution in [3.63, 3.8) is 0 Å². The van der Waals surface area contributed by atoms with E-state index in [0.717, 1.165) is 38.8 Å². The van der Waals surface area contributed by atoms with E-state index in [1.54, 1.807) is 0 Å². The van der Waals surface area contributed by atoms with Crippen LogP contribution in [-0.2, 0) is 4.79 Å². The van der Waals surface area contributed by atoms with E-state index in [-0.39, 0.29) is 22.9 Å². The number of hydrogen-bond donors (Lipinski definition) is 2. The highest BCUT2D eigenvalue weighted by atomic mass is 19.1. The zero-order valence-electron chi connectivity index (χ0n) is 16.7. The van der Waals surface area contributed by atoms with E-state index in [9.17, 15) is 14.0 Å². The van der Waals surface area contributed by atoms with Crippen molar-refractivity contribution in [2.24, 2.45) is 5.92 Å². The SMILES string of the molecule is COc1cc(F)cc(C(=O)NCC2CCN(CC(=O)NC3(C)CCC3)CC2)c1. The second kappa shape index (κ2) is 8.90. The van der Waals surface area contributed by atoms with Gasteiger partial charge in [0.15, 0.2) is 0 Å². The molecular weight excluding hydrogens is 361 g/mol. The minimum atomic E-state index is -0.494. The Bertz CT molecular complexity index is 713. The predicted octanol–water partition coefficient (Wildman–Crippen LogP) is 2.33. The van der Waals surface area contributed by atoms with Crippen molar-refractivity contribution in [1.29, 1.82) is 0 Å². The van der Waals surface area contributed by atoms with E-state index in [0.29, 0.717) is 24.8 Å². The van der Waals surface area contributed by atoms with Crippen LogP contribution in [0.4, 0.5) is 4.39 Å². The molecule has 6 nitrogen and oxygen atoms in total. The van der Waals surface area contributed by atoms with Gasteiger partial charge in [-0.1, -0.05) is 0 Å². The van der Waals surface area contributed by atoms with E-state index in [1.807, 2.05) is 0 Å². The number of nitrogens with zero attached hydrogens (tertiary/aromatic N) is 1. The van der Waals surface area contributed by atoms with Crippen LogP contribution >= 0.6 is 0 Å². The number of hydrogen-bond acceptors (Lipinski definition) is 4. The summed E-state index contributed by atoms with van der Waals surface area (Å²) in [5, 5.41) is 6.04. The topological polar surface area (TPSA) is 70.7 Å². The van der Waals surface area contributed by atoms with Crippen molar-refractivity contribution in [2.45, 2.75) is 44.6 Å². The van der Waals surface area contributed by atoms with Gasteiger partial charge >= 0.3 is 0 Å². The van der Waals surface area contributed by atoms with E-state index >= 15 is 0 Å². The fourth-order valence-electron chi connectivity index (χ4n) is 3.91. The quantitative estimate of drug-likeness (QED) is 0.749. The minimum Gasteiger partial charge on any atom is -0.497 e. The van der Waals surface area contributed by atoms with Crippen LogP contribution < -0.4 is 15.4 Å². The molecule has 2 amide bonds. The number of nitrogens with one attached hydrogen (secondary N) is 2. The fraction of sp³-hybridized carbons (Fsp3) is 0.619. The Balaban J connectivity index is 1.39. The average Bonchev–Trinajstić information content (AvgIpc) is 2.65. The van der Waals surface area contributed by atoms with Gasteiger partial charge in [0.05, 0.1) is 13.7 Å². The third kappa shape index (κ3) is 5.44. The Morgan fingerprint density at radius 2 is 1.96 bits per heavy atom. The lowest BCUT2D eigenvalue weighted by atomic mass is 9.78. The highest BCUT2D eigenvalue weighted by Crippen LogP contribution is 2.30. The van der Waals surface area contributed by atoms with Gasteiger partial charge in [0, 0.05) is 23.7 Å². The normalized spacial score (nSPS) is 19.5. The zero-order valence-corrected chi connectivity index (χ0v) is 16.7. The van der Waals surface area contributed by atoms with E-state index in [2.05, 4.69) is 22.5 Å². The largest absolute Gasteiger partial charge is 0.497 e. The highest BCUT2D eigenvalue weighted by molar-refractivity contribution is 5.94. The molecule has 0 bridgehead atoms. The van der Waals surface area contributed by atoms with Crippen molar-refractivity contribution in [2.75, 3.05) is 33.3 Å². The first kappa shape index (κ1) is 20.6. The molecule has 0 atom stereocenters. The lowest BCUT2D eigenvalue weighted by Gasteiger charge is -2.40. The molecule has 1 saturated heterocycles. The number of carbonyl (C=O) groups excluding carboxylic acids is 2. The van der Waals surface area contributed by atoms with Gasteiger partial charge < -0.3 is 15.4 Å². The summed E-state index contributed by atoms with van der Waals surface area (Å²) < 4.78 is 18.6. The Labute approximate surface area is 165 Å². The summed E-state index contributed by atoms with van der Waals surface area (Å²) in [6.07, 6.45) is 5.18. The molecule has 1 aromatic rings. The molecule has 2 N–H and O–H groups in total. The Hall–Kier alpha value is -2.15. The van der Waals surface area contributed by atoms with Crippen LogP contribution in [0.15, 0.2) is 18.2 Å². The smallest absolute Gasteiger partial charge is 0.251 e. The fourth-order valence-corrected chi connectivity index (χ4v) is 3.91. The van der Waals surface area contributed by atoms with Gasteiger partial charge in [0.1, 0.15) is 11.6 Å². The summed E-state index contributed by atoms with van der Waals surface area (Å²) >= 11 is 0. The lowest BCUT2D eigenvalue weighted by Crippen LogP contribution is -2.54. The summed E-state index contributed by atoms with van der Waals surface area (Å²) in [7, 11) is 1.44. The van der Waals surface area contributed by atoms with Gasteiger partial charge in [-0.3, -0.25) is 14.5 Å². The van der Waals surface area contributed by atoms with Crippen LogP contribution in [0.5, 0.6) is 5.75 Å². The first-order valence-corrected chi connectivity index (χ1v) is 10.0. The minimum absolute atomic E-state index is 0.000714. The van der Waals surface area contributed by atoms with Crippen molar-refractivity contribution in [3.05, 3.63) is 29.6 Å². The van der Waals surface area contributed by atoms with Gasteiger partial charge in [-0.25, -0.2) is 4.39 Å². The molecule has 1 heterocycles. The number of likely N-dealkylation sites (tertiary alicyclic amines) is 1. The molecule has 1 aliphatic heterocycles. The zero-order chi connectivity index (χ0) is 20.1. The number of amides is 2. The number of benzene rings is 1. The maximum Gasteiger partial charge on any atom is 0.251 e. The van der Waals surface area contributed by atoms with Gasteiger partial charge in [-0.15, -0.1) is 0 Å². The molecule has 28 heavy (non-hydrogen) atoms. The molecule has 1 saturated carbocycles. The van der Waals surface area contributed by atoms with Crippen molar-refractivity contribution in [1.82, 2.24) is 15.5 Å². The number of halogens is 1. The predicted molar refractivity (Wildman–Crippen MR) is 105 cm³/mol. The third-order valence-corrected chi connectivity index (χ3v) is 5.89. The molecule has 0 unspecified atom stereocenters. The van der Waals surface area contributed by atoms with E-state index < -0.39 is 5.82 Å². The third-order valence-electron chi connectivity index (χ3n) is 5.89. The highest BCUT2D eigenvalue weighted by Gasteiger charge is 2.33. The van der Waals surface area contributed by atoms with Crippen LogP contribution in [0.25, 0.3) is 0 Å². The molecule has 2 aliphatic rings. The van der Waals surface area contributed by atoms with Crippen LogP contribution in [0, 0.1) is 11.7 Å². The van der Waals surface area contributed by atoms with Crippen molar-refractivity contribution in [3.8, 4) is 5.75 Å². The van der Waals surface area contributed by atoms with Gasteiger partial charge in [0.25, 0.3) is 5.91 Å². The van der Waals surface area contributed by atoms with Gasteiger partial charge in [0.2, 0.25) is 5.91 Å². The Morgan fingerprint density at radius 1 is 1.25 bits per heavy atom. The molecule has 0 spiro atoms. The number of rotatable bonds is 7. The summed E-state index contributed by atoms with van der Waals surface area (Å²) in [5.74, 6) is 0.00422.